The van der Waals surface area contributed by atoms with Crippen LogP contribution in [0, 0.1) is 0 Å². The standard InChI is InChI=1S/C21H29N5O3S/c1-14(2)25-13-22-20(23-25)18-12-26(30(4,28)29)19-9-8-16(11-17(18)19)21(27)24-10-6-5-7-15(24)3/h8-9,11,13-15,18H,5-7,10,12H2,1-4H3/t15-,18+/m1/s1. The van der Waals surface area contributed by atoms with Gasteiger partial charge in [-0.25, -0.2) is 13.4 Å². The first kappa shape index (κ1) is 20.8. The first-order valence-electron chi connectivity index (χ1n) is 10.5. The lowest BCUT2D eigenvalue weighted by Gasteiger charge is -2.33. The Morgan fingerprint density at radius 2 is 2.00 bits per heavy atom. The van der Waals surface area contributed by atoms with Crippen LogP contribution in [0.1, 0.15) is 73.7 Å². The second-order valence-electron chi connectivity index (χ2n) is 8.64. The number of benzene rings is 1. The van der Waals surface area contributed by atoms with E-state index in [9.17, 15) is 13.2 Å². The fraction of sp³-hybridized carbons (Fsp3) is 0.571. The Bertz CT molecular complexity index is 1060. The number of hydrogen-bond acceptors (Lipinski definition) is 5. The third-order valence-electron chi connectivity index (χ3n) is 6.10. The SMILES string of the molecule is CC(C)n1cnc([C@H]2CN(S(C)(=O)=O)c3ccc(C(=O)N4CCCC[C@H]4C)cc32)n1. The summed E-state index contributed by atoms with van der Waals surface area (Å²) in [5.41, 5.74) is 1.98. The molecule has 2 aliphatic heterocycles. The Morgan fingerprint density at radius 1 is 1.23 bits per heavy atom. The normalized spacial score (nSPS) is 21.9. The first-order valence-corrected chi connectivity index (χ1v) is 12.4. The van der Waals surface area contributed by atoms with Crippen LogP contribution >= 0.6 is 0 Å². The number of anilines is 1. The molecule has 0 saturated carbocycles. The summed E-state index contributed by atoms with van der Waals surface area (Å²) in [4.78, 5) is 19.6. The minimum Gasteiger partial charge on any atom is -0.336 e. The van der Waals surface area contributed by atoms with Crippen molar-refractivity contribution in [3.8, 4) is 0 Å². The van der Waals surface area contributed by atoms with Gasteiger partial charge in [0.15, 0.2) is 5.82 Å². The van der Waals surface area contributed by atoms with Crippen LogP contribution in [-0.2, 0) is 10.0 Å². The van der Waals surface area contributed by atoms with Gasteiger partial charge in [0.25, 0.3) is 5.91 Å². The Balaban J connectivity index is 1.74. The third-order valence-corrected chi connectivity index (χ3v) is 7.24. The van der Waals surface area contributed by atoms with Crippen LogP contribution in [-0.4, -0.2) is 59.4 Å². The molecule has 0 aliphatic carbocycles. The molecule has 1 aromatic carbocycles. The van der Waals surface area contributed by atoms with E-state index in [1.807, 2.05) is 24.8 Å². The molecule has 1 aromatic heterocycles. The Kier molecular flexibility index (Phi) is 5.34. The summed E-state index contributed by atoms with van der Waals surface area (Å²) in [6.07, 6.45) is 6.05. The molecule has 0 radical (unpaired) electrons. The summed E-state index contributed by atoms with van der Waals surface area (Å²) in [6, 6.07) is 5.70. The number of nitrogens with zero attached hydrogens (tertiary/aromatic N) is 5. The van der Waals surface area contributed by atoms with E-state index in [-0.39, 0.29) is 30.5 Å². The van der Waals surface area contributed by atoms with Gasteiger partial charge in [-0.05, 0) is 63.8 Å². The van der Waals surface area contributed by atoms with E-state index in [0.717, 1.165) is 31.4 Å². The highest BCUT2D eigenvalue weighted by atomic mass is 32.2. The van der Waals surface area contributed by atoms with Gasteiger partial charge in [-0.1, -0.05) is 0 Å². The summed E-state index contributed by atoms with van der Waals surface area (Å²) in [5, 5.41) is 4.57. The van der Waals surface area contributed by atoms with Gasteiger partial charge in [-0.3, -0.25) is 13.8 Å². The molecule has 9 heteroatoms. The predicted molar refractivity (Wildman–Crippen MR) is 115 cm³/mol. The molecule has 3 heterocycles. The molecular formula is C21H29N5O3S. The van der Waals surface area contributed by atoms with Crippen molar-refractivity contribution in [2.24, 2.45) is 0 Å². The molecule has 1 saturated heterocycles. The third kappa shape index (κ3) is 3.71. The molecule has 2 atom stereocenters. The highest BCUT2D eigenvalue weighted by Crippen LogP contribution is 2.41. The topological polar surface area (TPSA) is 88.4 Å². The lowest BCUT2D eigenvalue weighted by Crippen LogP contribution is -2.42. The van der Waals surface area contributed by atoms with Gasteiger partial charge >= 0.3 is 0 Å². The largest absolute Gasteiger partial charge is 0.336 e. The van der Waals surface area contributed by atoms with Gasteiger partial charge < -0.3 is 4.90 Å². The van der Waals surface area contributed by atoms with Crippen molar-refractivity contribution >= 4 is 21.6 Å². The van der Waals surface area contributed by atoms with E-state index in [4.69, 9.17) is 0 Å². The fourth-order valence-electron chi connectivity index (χ4n) is 4.35. The summed E-state index contributed by atoms with van der Waals surface area (Å²) in [6.45, 7) is 7.12. The molecule has 0 N–H and O–H groups in total. The number of likely N-dealkylation sites (tertiary alicyclic amines) is 1. The molecule has 4 rings (SSSR count). The monoisotopic (exact) mass is 431 g/mol. The maximum Gasteiger partial charge on any atom is 0.254 e. The van der Waals surface area contributed by atoms with E-state index in [0.29, 0.717) is 17.1 Å². The molecular weight excluding hydrogens is 402 g/mol. The van der Waals surface area contributed by atoms with Crippen LogP contribution in [0.5, 0.6) is 0 Å². The minimum atomic E-state index is -3.45. The second kappa shape index (κ2) is 7.68. The molecule has 2 aliphatic rings. The van der Waals surface area contributed by atoms with Gasteiger partial charge in [-0.15, -0.1) is 0 Å². The van der Waals surface area contributed by atoms with E-state index in [1.165, 1.54) is 10.6 Å². The molecule has 162 valence electrons. The number of carbonyl (C=O) groups is 1. The smallest absolute Gasteiger partial charge is 0.254 e. The molecule has 2 aromatic rings. The molecule has 8 nitrogen and oxygen atoms in total. The van der Waals surface area contributed by atoms with Gasteiger partial charge in [0.1, 0.15) is 6.33 Å². The Hall–Kier alpha value is -2.42. The van der Waals surface area contributed by atoms with E-state index in [1.54, 1.807) is 23.1 Å². The number of rotatable bonds is 4. The zero-order chi connectivity index (χ0) is 21.6. The van der Waals surface area contributed by atoms with Crippen molar-refractivity contribution in [3.63, 3.8) is 0 Å². The van der Waals surface area contributed by atoms with E-state index in [2.05, 4.69) is 17.0 Å². The number of amides is 1. The summed E-state index contributed by atoms with van der Waals surface area (Å²) in [7, 11) is -3.45. The highest BCUT2D eigenvalue weighted by molar-refractivity contribution is 7.92. The molecule has 0 unspecified atom stereocenters. The molecule has 1 fully saturated rings. The second-order valence-corrected chi connectivity index (χ2v) is 10.5. The van der Waals surface area contributed by atoms with Gasteiger partial charge in [-0.2, -0.15) is 5.10 Å². The van der Waals surface area contributed by atoms with Crippen molar-refractivity contribution in [2.75, 3.05) is 23.7 Å². The molecule has 1 amide bonds. The van der Waals surface area contributed by atoms with Crippen LogP contribution in [0.15, 0.2) is 24.5 Å². The lowest BCUT2D eigenvalue weighted by molar-refractivity contribution is 0.0635. The van der Waals surface area contributed by atoms with Crippen molar-refractivity contribution in [1.82, 2.24) is 19.7 Å². The van der Waals surface area contributed by atoms with Crippen LogP contribution in [0.3, 0.4) is 0 Å². The van der Waals surface area contributed by atoms with E-state index >= 15 is 0 Å². The van der Waals surface area contributed by atoms with Crippen molar-refractivity contribution in [3.05, 3.63) is 41.5 Å². The quantitative estimate of drug-likeness (QED) is 0.743. The Labute approximate surface area is 177 Å². The fourth-order valence-corrected chi connectivity index (χ4v) is 5.30. The average molecular weight is 432 g/mol. The number of aromatic nitrogens is 3. The number of piperidine rings is 1. The van der Waals surface area contributed by atoms with Crippen molar-refractivity contribution < 1.29 is 13.2 Å². The van der Waals surface area contributed by atoms with Crippen molar-refractivity contribution in [2.45, 2.75) is 58.0 Å². The van der Waals surface area contributed by atoms with Crippen molar-refractivity contribution in [1.29, 1.82) is 0 Å². The van der Waals surface area contributed by atoms with Crippen LogP contribution in [0.4, 0.5) is 5.69 Å². The summed E-state index contributed by atoms with van der Waals surface area (Å²) in [5.74, 6) is 0.274. The van der Waals surface area contributed by atoms with Gasteiger partial charge in [0.05, 0.1) is 17.9 Å². The maximum absolute atomic E-state index is 13.2. The number of sulfonamides is 1. The molecule has 0 bridgehead atoms. The highest BCUT2D eigenvalue weighted by Gasteiger charge is 2.37. The number of hydrogen-bond donors (Lipinski definition) is 0. The summed E-state index contributed by atoms with van der Waals surface area (Å²) < 4.78 is 28.0. The minimum absolute atomic E-state index is 0.00206. The predicted octanol–water partition coefficient (Wildman–Crippen LogP) is 2.79. The van der Waals surface area contributed by atoms with Crippen LogP contribution in [0.2, 0.25) is 0 Å². The first-order chi connectivity index (χ1) is 14.2. The van der Waals surface area contributed by atoms with Gasteiger partial charge in [0, 0.05) is 30.7 Å². The number of fused-ring (bicyclic) bond motifs is 1. The average Bonchev–Trinajstić information content (AvgIpc) is 3.32. The van der Waals surface area contributed by atoms with E-state index < -0.39 is 10.0 Å². The molecule has 0 spiro atoms. The number of carbonyl (C=O) groups excluding carboxylic acids is 1. The Morgan fingerprint density at radius 3 is 2.63 bits per heavy atom. The van der Waals surface area contributed by atoms with Gasteiger partial charge in [0.2, 0.25) is 10.0 Å². The lowest BCUT2D eigenvalue weighted by atomic mass is 9.97. The zero-order valence-electron chi connectivity index (χ0n) is 17.9. The molecule has 30 heavy (non-hydrogen) atoms. The maximum atomic E-state index is 13.2. The van der Waals surface area contributed by atoms with Crippen LogP contribution in [0.25, 0.3) is 0 Å². The zero-order valence-corrected chi connectivity index (χ0v) is 18.8. The summed E-state index contributed by atoms with van der Waals surface area (Å²) >= 11 is 0. The van der Waals surface area contributed by atoms with Crippen LogP contribution < -0.4 is 4.31 Å².